The van der Waals surface area contributed by atoms with Crippen molar-refractivity contribution in [3.8, 4) is 0 Å². The number of carbonyl (C=O) groups is 1. The fourth-order valence-electron chi connectivity index (χ4n) is 1.34. The van der Waals surface area contributed by atoms with E-state index in [0.29, 0.717) is 0 Å². The predicted octanol–water partition coefficient (Wildman–Crippen LogP) is 0.178. The Bertz CT molecular complexity index is 140. The van der Waals surface area contributed by atoms with Crippen LogP contribution in [-0.2, 0) is 4.79 Å². The number of carboxylic acids is 1. The summed E-state index contributed by atoms with van der Waals surface area (Å²) in [5.74, 6) is -0.992. The Morgan fingerprint density at radius 2 is 1.22 bits per heavy atom. The SMILES string of the molecule is CC[O-].CC[O-].O=C([O-])C1CCCCC1.[NH4+].[NH4+].[NH4+]. The molecule has 0 aromatic heterocycles. The lowest BCUT2D eigenvalue weighted by molar-refractivity contribution is -0.362. The van der Waals surface area contributed by atoms with Crippen molar-refractivity contribution in [3.63, 3.8) is 0 Å². The normalized spacial score (nSPS) is 12.9. The maximum atomic E-state index is 10.2. The predicted molar refractivity (Wildman–Crippen MR) is 70.6 cm³/mol. The topological polar surface area (TPSA) is 196 Å². The molecule has 0 aliphatic heterocycles. The molecule has 0 amide bonds. The number of quaternary nitrogens is 3. The number of hydrogen-bond donors (Lipinski definition) is 3. The van der Waals surface area contributed by atoms with Crippen molar-refractivity contribution in [3.05, 3.63) is 0 Å². The molecule has 0 aromatic rings. The van der Waals surface area contributed by atoms with Gasteiger partial charge in [-0.15, -0.1) is 13.2 Å². The van der Waals surface area contributed by atoms with Crippen LogP contribution in [0.2, 0.25) is 0 Å². The van der Waals surface area contributed by atoms with Gasteiger partial charge >= 0.3 is 0 Å². The van der Waals surface area contributed by atoms with E-state index in [1.165, 1.54) is 6.42 Å². The Balaban J connectivity index is -0.0000000549. The number of rotatable bonds is 1. The van der Waals surface area contributed by atoms with E-state index < -0.39 is 5.97 Å². The zero-order valence-corrected chi connectivity index (χ0v) is 12.7. The second-order valence-electron chi connectivity index (χ2n) is 3.23. The minimum Gasteiger partial charge on any atom is -0.855 e. The average Bonchev–Trinajstić information content (AvgIpc) is 2.21. The van der Waals surface area contributed by atoms with Crippen LogP contribution < -0.4 is 33.8 Å². The maximum absolute atomic E-state index is 10.2. The number of carbonyl (C=O) groups excluding carboxylic acids is 1. The van der Waals surface area contributed by atoms with Crippen molar-refractivity contribution in [2.45, 2.75) is 46.0 Å². The van der Waals surface area contributed by atoms with Crippen molar-refractivity contribution in [2.75, 3.05) is 13.2 Å². The van der Waals surface area contributed by atoms with Crippen LogP contribution in [0.3, 0.4) is 0 Å². The zero-order valence-electron chi connectivity index (χ0n) is 12.7. The third-order valence-corrected chi connectivity index (χ3v) is 1.94. The highest BCUT2D eigenvalue weighted by atomic mass is 16.4. The van der Waals surface area contributed by atoms with Gasteiger partial charge in [-0.1, -0.05) is 33.1 Å². The summed E-state index contributed by atoms with van der Waals surface area (Å²) in [6, 6.07) is 0. The van der Waals surface area contributed by atoms with Gasteiger partial charge in [-0.3, -0.25) is 0 Å². The molecule has 0 heterocycles. The maximum Gasteiger partial charge on any atom is 0.0445 e. The molecule has 1 aliphatic rings. The molecule has 0 radical (unpaired) electrons. The molecule has 0 bridgehead atoms. The van der Waals surface area contributed by atoms with Crippen LogP contribution in [0, 0.1) is 5.92 Å². The standard InChI is InChI=1S/C7H12O2.2C2H5O.3H3N/c8-7(9)6-4-2-1-3-5-6;2*1-2-3;;;/h6H,1-5H2,(H,8,9);2*2H2,1H3;3*1H3/q;2*-1;;;/p+2. The second-order valence-corrected chi connectivity index (χ2v) is 3.23. The van der Waals surface area contributed by atoms with E-state index in [-0.39, 0.29) is 37.6 Å². The molecule has 0 aromatic carbocycles. The van der Waals surface area contributed by atoms with Gasteiger partial charge in [-0.25, -0.2) is 0 Å². The summed E-state index contributed by atoms with van der Waals surface area (Å²) in [6.07, 6.45) is 5.01. The molecule has 116 valence electrons. The minimum atomic E-state index is -0.852. The first-order chi connectivity index (χ1) is 7.13. The fourth-order valence-corrected chi connectivity index (χ4v) is 1.34. The smallest absolute Gasteiger partial charge is 0.0445 e. The molecule has 1 fully saturated rings. The van der Waals surface area contributed by atoms with Crippen LogP contribution in [0.5, 0.6) is 0 Å². The third-order valence-electron chi connectivity index (χ3n) is 1.94. The summed E-state index contributed by atoms with van der Waals surface area (Å²) in [5, 5.41) is 28.1. The van der Waals surface area contributed by atoms with Gasteiger partial charge in [-0.2, -0.15) is 0 Å². The highest BCUT2D eigenvalue weighted by molar-refractivity contribution is 5.67. The van der Waals surface area contributed by atoms with Gasteiger partial charge in [0, 0.05) is 5.97 Å². The second kappa shape index (κ2) is 25.2. The third kappa shape index (κ3) is 24.5. The molecular formula is C11H33N3O4. The number of aliphatic carboxylic acids is 1. The molecule has 0 atom stereocenters. The first kappa shape index (κ1) is 30.4. The molecule has 1 saturated carbocycles. The van der Waals surface area contributed by atoms with Crippen molar-refractivity contribution < 1.29 is 20.1 Å². The molecule has 12 N–H and O–H groups in total. The lowest BCUT2D eigenvalue weighted by atomic mass is 9.90. The summed E-state index contributed by atoms with van der Waals surface area (Å²) >= 11 is 0. The van der Waals surface area contributed by atoms with Crippen LogP contribution in [-0.4, -0.2) is 19.2 Å². The minimum absolute atomic E-state index is 0. The average molecular weight is 271 g/mol. The van der Waals surface area contributed by atoms with Crippen molar-refractivity contribution in [2.24, 2.45) is 5.92 Å². The van der Waals surface area contributed by atoms with Crippen LogP contribution in [0.4, 0.5) is 0 Å². The van der Waals surface area contributed by atoms with E-state index in [1.54, 1.807) is 13.8 Å². The van der Waals surface area contributed by atoms with Crippen molar-refractivity contribution in [1.82, 2.24) is 18.5 Å². The van der Waals surface area contributed by atoms with Gasteiger partial charge < -0.3 is 38.6 Å². The summed E-state index contributed by atoms with van der Waals surface area (Å²) in [6.45, 7) is 3.14. The Labute approximate surface area is 110 Å². The lowest BCUT2D eigenvalue weighted by Gasteiger charge is -2.21. The largest absolute Gasteiger partial charge is 0.855 e. The van der Waals surface area contributed by atoms with Gasteiger partial charge in [0.05, 0.1) is 0 Å². The Kier molecular flexibility index (Phi) is 42.5. The van der Waals surface area contributed by atoms with E-state index in [9.17, 15) is 9.90 Å². The molecule has 1 rings (SSSR count). The van der Waals surface area contributed by atoms with Gasteiger partial charge in [0.2, 0.25) is 0 Å². The molecule has 0 saturated heterocycles. The molecule has 0 unspecified atom stereocenters. The van der Waals surface area contributed by atoms with Gasteiger partial charge in [0.1, 0.15) is 0 Å². The molecule has 7 nitrogen and oxygen atoms in total. The quantitative estimate of drug-likeness (QED) is 0.611. The Morgan fingerprint density at radius 3 is 1.39 bits per heavy atom. The Hall–Kier alpha value is -0.730. The number of carboxylic acid groups (broad SMARTS) is 1. The molecule has 7 heteroatoms. The highest BCUT2D eigenvalue weighted by Gasteiger charge is 2.13. The van der Waals surface area contributed by atoms with Crippen molar-refractivity contribution >= 4 is 5.97 Å². The molecule has 1 aliphatic carbocycles. The zero-order chi connectivity index (χ0) is 12.1. The van der Waals surface area contributed by atoms with E-state index in [1.807, 2.05) is 0 Å². The van der Waals surface area contributed by atoms with E-state index >= 15 is 0 Å². The first-order valence-electron chi connectivity index (χ1n) is 5.50. The lowest BCUT2D eigenvalue weighted by Crippen LogP contribution is -2.32. The van der Waals surface area contributed by atoms with Gasteiger partial charge in [0.15, 0.2) is 0 Å². The Morgan fingerprint density at radius 1 is 0.944 bits per heavy atom. The van der Waals surface area contributed by atoms with Crippen LogP contribution in [0.15, 0.2) is 0 Å². The summed E-state index contributed by atoms with van der Waals surface area (Å²) < 4.78 is 0. The van der Waals surface area contributed by atoms with Crippen LogP contribution in [0.1, 0.15) is 46.0 Å². The summed E-state index contributed by atoms with van der Waals surface area (Å²) in [4.78, 5) is 10.2. The van der Waals surface area contributed by atoms with E-state index in [2.05, 4.69) is 0 Å². The van der Waals surface area contributed by atoms with Crippen LogP contribution in [0.25, 0.3) is 0 Å². The summed E-state index contributed by atoms with van der Waals surface area (Å²) in [5.41, 5.74) is 0. The first-order valence-corrected chi connectivity index (χ1v) is 5.50. The van der Waals surface area contributed by atoms with E-state index in [4.69, 9.17) is 10.2 Å². The monoisotopic (exact) mass is 271 g/mol. The van der Waals surface area contributed by atoms with Crippen LogP contribution >= 0.6 is 0 Å². The molecule has 18 heavy (non-hydrogen) atoms. The molecular weight excluding hydrogens is 238 g/mol. The highest BCUT2D eigenvalue weighted by Crippen LogP contribution is 2.22. The molecule has 0 spiro atoms. The van der Waals surface area contributed by atoms with Crippen molar-refractivity contribution in [1.29, 1.82) is 0 Å². The fraction of sp³-hybridized carbons (Fsp3) is 0.909. The van der Waals surface area contributed by atoms with Gasteiger partial charge in [-0.05, 0) is 18.8 Å². The van der Waals surface area contributed by atoms with E-state index in [0.717, 1.165) is 25.7 Å². The number of hydrogen-bond acceptors (Lipinski definition) is 4. The summed E-state index contributed by atoms with van der Waals surface area (Å²) in [7, 11) is 0. The van der Waals surface area contributed by atoms with Gasteiger partial charge in [0.25, 0.3) is 0 Å².